The SMILES string of the molecule is Cc1cc(Cl)nc(-c2ccc(Cl)cc2Br)n1. The van der Waals surface area contributed by atoms with Gasteiger partial charge in [0.25, 0.3) is 0 Å². The molecule has 0 bridgehead atoms. The maximum Gasteiger partial charge on any atom is 0.162 e. The van der Waals surface area contributed by atoms with E-state index < -0.39 is 0 Å². The van der Waals surface area contributed by atoms with Gasteiger partial charge in [-0.3, -0.25) is 0 Å². The minimum atomic E-state index is 0.435. The average Bonchev–Trinajstić information content (AvgIpc) is 2.15. The average molecular weight is 318 g/mol. The van der Waals surface area contributed by atoms with Crippen LogP contribution in [0.5, 0.6) is 0 Å². The van der Waals surface area contributed by atoms with Crippen molar-refractivity contribution in [1.29, 1.82) is 0 Å². The van der Waals surface area contributed by atoms with Crippen LogP contribution in [0.4, 0.5) is 0 Å². The molecular formula is C11H7BrCl2N2. The summed E-state index contributed by atoms with van der Waals surface area (Å²) in [5, 5.41) is 1.10. The normalized spacial score (nSPS) is 10.5. The molecule has 0 atom stereocenters. The molecule has 0 amide bonds. The van der Waals surface area contributed by atoms with Crippen molar-refractivity contribution in [1.82, 2.24) is 9.97 Å². The van der Waals surface area contributed by atoms with Crippen molar-refractivity contribution in [3.05, 3.63) is 44.6 Å². The molecule has 82 valence electrons. The van der Waals surface area contributed by atoms with E-state index >= 15 is 0 Å². The van der Waals surface area contributed by atoms with Crippen molar-refractivity contribution in [2.75, 3.05) is 0 Å². The van der Waals surface area contributed by atoms with Gasteiger partial charge in [0.1, 0.15) is 5.15 Å². The molecule has 0 spiro atoms. The highest BCUT2D eigenvalue weighted by Gasteiger charge is 2.08. The van der Waals surface area contributed by atoms with Crippen LogP contribution < -0.4 is 0 Å². The summed E-state index contributed by atoms with van der Waals surface area (Å²) < 4.78 is 0.849. The number of halogens is 3. The molecule has 1 heterocycles. The smallest absolute Gasteiger partial charge is 0.162 e. The lowest BCUT2D eigenvalue weighted by Gasteiger charge is -2.05. The van der Waals surface area contributed by atoms with Gasteiger partial charge in [-0.1, -0.05) is 23.2 Å². The minimum absolute atomic E-state index is 0.435. The van der Waals surface area contributed by atoms with E-state index in [9.17, 15) is 0 Å². The van der Waals surface area contributed by atoms with Crippen molar-refractivity contribution >= 4 is 39.1 Å². The van der Waals surface area contributed by atoms with E-state index in [1.165, 1.54) is 0 Å². The topological polar surface area (TPSA) is 25.8 Å². The van der Waals surface area contributed by atoms with Gasteiger partial charge >= 0.3 is 0 Å². The molecule has 0 N–H and O–H groups in total. The quantitative estimate of drug-likeness (QED) is 0.723. The van der Waals surface area contributed by atoms with Gasteiger partial charge in [0.15, 0.2) is 5.82 Å². The standard InChI is InChI=1S/C11H7BrCl2N2/c1-6-4-10(14)16-11(15-6)8-3-2-7(13)5-9(8)12/h2-5H,1H3. The Morgan fingerprint density at radius 2 is 1.88 bits per heavy atom. The lowest BCUT2D eigenvalue weighted by Crippen LogP contribution is -1.92. The fourth-order valence-corrected chi connectivity index (χ4v) is 2.42. The summed E-state index contributed by atoms with van der Waals surface area (Å²) in [6.45, 7) is 1.88. The molecule has 0 unspecified atom stereocenters. The molecule has 0 radical (unpaired) electrons. The molecule has 0 saturated heterocycles. The lowest BCUT2D eigenvalue weighted by molar-refractivity contribution is 1.11. The van der Waals surface area contributed by atoms with E-state index in [0.717, 1.165) is 15.7 Å². The zero-order chi connectivity index (χ0) is 11.7. The van der Waals surface area contributed by atoms with E-state index in [2.05, 4.69) is 25.9 Å². The molecule has 0 saturated carbocycles. The lowest BCUT2D eigenvalue weighted by atomic mass is 10.2. The summed E-state index contributed by atoms with van der Waals surface area (Å²) in [5.74, 6) is 0.591. The second-order valence-electron chi connectivity index (χ2n) is 3.28. The third kappa shape index (κ3) is 2.54. The number of aromatic nitrogens is 2. The maximum atomic E-state index is 5.89. The Labute approximate surface area is 112 Å². The van der Waals surface area contributed by atoms with Crippen LogP contribution in [0.25, 0.3) is 11.4 Å². The van der Waals surface area contributed by atoms with Crippen molar-refractivity contribution in [2.24, 2.45) is 0 Å². The first-order valence-corrected chi connectivity index (χ1v) is 6.08. The summed E-state index contributed by atoms with van der Waals surface area (Å²) in [6.07, 6.45) is 0. The highest BCUT2D eigenvalue weighted by atomic mass is 79.9. The number of aryl methyl sites for hydroxylation is 1. The van der Waals surface area contributed by atoms with E-state index in [-0.39, 0.29) is 0 Å². The van der Waals surface area contributed by atoms with Crippen LogP contribution in [-0.4, -0.2) is 9.97 Å². The molecule has 0 fully saturated rings. The molecule has 2 aromatic rings. The number of hydrogen-bond acceptors (Lipinski definition) is 2. The Morgan fingerprint density at radius 1 is 1.12 bits per heavy atom. The third-order valence-corrected chi connectivity index (χ3v) is 3.08. The van der Waals surface area contributed by atoms with Gasteiger partial charge in [-0.05, 0) is 47.1 Å². The van der Waals surface area contributed by atoms with Gasteiger partial charge in [0.2, 0.25) is 0 Å². The maximum absolute atomic E-state index is 5.89. The second-order valence-corrected chi connectivity index (χ2v) is 4.96. The highest BCUT2D eigenvalue weighted by Crippen LogP contribution is 2.29. The summed E-state index contributed by atoms with van der Waals surface area (Å²) >= 11 is 15.2. The highest BCUT2D eigenvalue weighted by molar-refractivity contribution is 9.10. The van der Waals surface area contributed by atoms with Crippen LogP contribution >= 0.6 is 39.1 Å². The van der Waals surface area contributed by atoms with E-state index in [4.69, 9.17) is 23.2 Å². The number of rotatable bonds is 1. The van der Waals surface area contributed by atoms with Crippen LogP contribution in [0, 0.1) is 6.92 Å². The van der Waals surface area contributed by atoms with Gasteiger partial charge in [-0.2, -0.15) is 0 Å². The van der Waals surface area contributed by atoms with E-state index in [1.54, 1.807) is 18.2 Å². The molecule has 0 aliphatic carbocycles. The molecule has 5 heteroatoms. The first-order chi connectivity index (χ1) is 7.56. The fourth-order valence-electron chi connectivity index (χ4n) is 1.32. The molecular weight excluding hydrogens is 311 g/mol. The van der Waals surface area contributed by atoms with Crippen LogP contribution in [0.1, 0.15) is 5.69 Å². The van der Waals surface area contributed by atoms with Crippen molar-refractivity contribution in [3.8, 4) is 11.4 Å². The third-order valence-electron chi connectivity index (χ3n) is 1.99. The van der Waals surface area contributed by atoms with Crippen LogP contribution in [0.3, 0.4) is 0 Å². The predicted molar refractivity (Wildman–Crippen MR) is 69.9 cm³/mol. The molecule has 2 rings (SSSR count). The van der Waals surface area contributed by atoms with Crippen LogP contribution in [-0.2, 0) is 0 Å². The summed E-state index contributed by atoms with van der Waals surface area (Å²) in [7, 11) is 0. The molecule has 1 aromatic heterocycles. The first kappa shape index (κ1) is 11.8. The number of benzene rings is 1. The van der Waals surface area contributed by atoms with Crippen molar-refractivity contribution in [2.45, 2.75) is 6.92 Å². The second kappa shape index (κ2) is 4.70. The first-order valence-electron chi connectivity index (χ1n) is 4.53. The number of nitrogens with zero attached hydrogens (tertiary/aromatic N) is 2. The Morgan fingerprint density at radius 3 is 2.50 bits per heavy atom. The molecule has 2 nitrogen and oxygen atoms in total. The Hall–Kier alpha value is -0.640. The number of hydrogen-bond donors (Lipinski definition) is 0. The van der Waals surface area contributed by atoms with Gasteiger partial charge in [0, 0.05) is 20.8 Å². The van der Waals surface area contributed by atoms with Crippen molar-refractivity contribution < 1.29 is 0 Å². The molecule has 0 aliphatic heterocycles. The Balaban J connectivity index is 2.58. The summed E-state index contributed by atoms with van der Waals surface area (Å²) in [6, 6.07) is 7.17. The monoisotopic (exact) mass is 316 g/mol. The van der Waals surface area contributed by atoms with Gasteiger partial charge < -0.3 is 0 Å². The zero-order valence-electron chi connectivity index (χ0n) is 8.34. The largest absolute Gasteiger partial charge is 0.233 e. The van der Waals surface area contributed by atoms with Crippen LogP contribution in [0.15, 0.2) is 28.7 Å². The van der Waals surface area contributed by atoms with Crippen LogP contribution in [0.2, 0.25) is 10.2 Å². The van der Waals surface area contributed by atoms with E-state index in [1.807, 2.05) is 13.0 Å². The predicted octanol–water partition coefficient (Wildman–Crippen LogP) is 4.52. The minimum Gasteiger partial charge on any atom is -0.233 e. The summed E-state index contributed by atoms with van der Waals surface area (Å²) in [4.78, 5) is 8.50. The zero-order valence-corrected chi connectivity index (χ0v) is 11.4. The Kier molecular flexibility index (Phi) is 3.47. The molecule has 16 heavy (non-hydrogen) atoms. The van der Waals surface area contributed by atoms with Gasteiger partial charge in [-0.15, -0.1) is 0 Å². The molecule has 1 aromatic carbocycles. The van der Waals surface area contributed by atoms with Gasteiger partial charge in [-0.25, -0.2) is 9.97 Å². The Bertz CT molecular complexity index is 523. The fraction of sp³-hybridized carbons (Fsp3) is 0.0909. The van der Waals surface area contributed by atoms with Crippen molar-refractivity contribution in [3.63, 3.8) is 0 Å². The van der Waals surface area contributed by atoms with Gasteiger partial charge in [0.05, 0.1) is 0 Å². The summed E-state index contributed by atoms with van der Waals surface area (Å²) in [5.41, 5.74) is 1.70. The van der Waals surface area contributed by atoms with E-state index in [0.29, 0.717) is 16.0 Å². The molecule has 0 aliphatic rings.